The monoisotopic (exact) mass is 408 g/mol. The van der Waals surface area contributed by atoms with Gasteiger partial charge < -0.3 is 10.2 Å². The largest absolute Gasteiger partial charge is 0.478 e. The predicted octanol–water partition coefficient (Wildman–Crippen LogP) is 0.779. The minimum Gasteiger partial charge on any atom is -0.478 e. The number of hydrogen-bond donors (Lipinski definition) is 4. The van der Waals surface area contributed by atoms with Crippen molar-refractivity contribution in [3.63, 3.8) is 0 Å². The maximum absolute atomic E-state index is 12.9. The Morgan fingerprint density at radius 2 is 1.54 bits per heavy atom. The highest BCUT2D eigenvalue weighted by Crippen LogP contribution is 2.20. The SMILES string of the molecule is O=C(CN(Cc1cccc(C(=O)O)c1)S(=O)(=O)c1ccc(C(=O)O)cc1)NO. The fourth-order valence-corrected chi connectivity index (χ4v) is 3.73. The average Bonchev–Trinajstić information content (AvgIpc) is 2.67. The first-order chi connectivity index (χ1) is 13.1. The fourth-order valence-electron chi connectivity index (χ4n) is 2.35. The van der Waals surface area contributed by atoms with E-state index >= 15 is 0 Å². The molecule has 0 atom stereocenters. The van der Waals surface area contributed by atoms with Gasteiger partial charge in [-0.15, -0.1) is 0 Å². The number of sulfonamides is 1. The minimum atomic E-state index is -4.26. The van der Waals surface area contributed by atoms with Gasteiger partial charge in [0, 0.05) is 6.54 Å². The first-order valence-corrected chi connectivity index (χ1v) is 9.18. The van der Waals surface area contributed by atoms with Crippen molar-refractivity contribution in [2.75, 3.05) is 6.54 Å². The van der Waals surface area contributed by atoms with E-state index in [9.17, 15) is 22.8 Å². The molecule has 0 fully saturated rings. The predicted molar refractivity (Wildman–Crippen MR) is 94.3 cm³/mol. The number of nitrogens with one attached hydrogen (secondary N) is 1. The Bertz CT molecular complexity index is 1000. The highest BCUT2D eigenvalue weighted by atomic mass is 32.2. The maximum Gasteiger partial charge on any atom is 0.335 e. The molecule has 0 aliphatic carbocycles. The van der Waals surface area contributed by atoms with E-state index < -0.39 is 34.4 Å². The molecule has 2 aromatic carbocycles. The molecule has 0 saturated carbocycles. The molecule has 0 bridgehead atoms. The van der Waals surface area contributed by atoms with Crippen molar-refractivity contribution in [1.82, 2.24) is 9.79 Å². The number of rotatable bonds is 8. The summed E-state index contributed by atoms with van der Waals surface area (Å²) in [6, 6.07) is 9.86. The number of amides is 1. The van der Waals surface area contributed by atoms with Crippen LogP contribution in [0.3, 0.4) is 0 Å². The second-order valence-electron chi connectivity index (χ2n) is 5.64. The third-order valence-corrected chi connectivity index (χ3v) is 5.52. The van der Waals surface area contributed by atoms with Crippen LogP contribution in [0.2, 0.25) is 0 Å². The zero-order valence-corrected chi connectivity index (χ0v) is 15.1. The standard InChI is InChI=1S/C17H16N2O8S/c20-15(18-25)10-19(9-11-2-1-3-13(8-11)17(23)24)28(26,27)14-6-4-12(5-7-14)16(21)22/h1-8,25H,9-10H2,(H,18,20)(H,21,22)(H,23,24). The topological polar surface area (TPSA) is 161 Å². The molecule has 0 spiro atoms. The smallest absolute Gasteiger partial charge is 0.335 e. The Morgan fingerprint density at radius 3 is 2.07 bits per heavy atom. The van der Waals surface area contributed by atoms with Crippen molar-refractivity contribution in [2.24, 2.45) is 0 Å². The van der Waals surface area contributed by atoms with Crippen molar-refractivity contribution in [3.8, 4) is 0 Å². The zero-order chi connectivity index (χ0) is 20.9. The van der Waals surface area contributed by atoms with E-state index in [-0.39, 0.29) is 22.6 Å². The molecule has 0 aliphatic heterocycles. The van der Waals surface area contributed by atoms with Crippen LogP contribution in [-0.2, 0) is 21.4 Å². The van der Waals surface area contributed by atoms with Gasteiger partial charge in [-0.2, -0.15) is 4.31 Å². The average molecular weight is 408 g/mol. The Kier molecular flexibility index (Phi) is 6.46. The molecule has 0 saturated heterocycles. The van der Waals surface area contributed by atoms with Gasteiger partial charge in [0.1, 0.15) is 0 Å². The lowest BCUT2D eigenvalue weighted by molar-refractivity contribution is -0.129. The number of hydroxylamine groups is 1. The lowest BCUT2D eigenvalue weighted by Gasteiger charge is -2.21. The Labute approximate surface area is 159 Å². The van der Waals surface area contributed by atoms with Crippen LogP contribution in [0, 0.1) is 0 Å². The molecule has 0 heterocycles. The number of carbonyl (C=O) groups excluding carboxylic acids is 1. The summed E-state index contributed by atoms with van der Waals surface area (Å²) in [5, 5.41) is 26.7. The van der Waals surface area contributed by atoms with E-state index in [1.807, 2.05) is 0 Å². The van der Waals surface area contributed by atoms with Gasteiger partial charge in [-0.3, -0.25) is 10.0 Å². The summed E-state index contributed by atoms with van der Waals surface area (Å²) in [7, 11) is -4.26. The van der Waals surface area contributed by atoms with Crippen LogP contribution in [0.1, 0.15) is 26.3 Å². The fraction of sp³-hybridized carbons (Fsp3) is 0.118. The molecule has 28 heavy (non-hydrogen) atoms. The van der Waals surface area contributed by atoms with Gasteiger partial charge in [0.25, 0.3) is 5.91 Å². The van der Waals surface area contributed by atoms with Crippen LogP contribution >= 0.6 is 0 Å². The van der Waals surface area contributed by atoms with Crippen LogP contribution in [0.4, 0.5) is 0 Å². The third-order valence-electron chi connectivity index (χ3n) is 3.72. The quantitative estimate of drug-likeness (QED) is 0.368. The van der Waals surface area contributed by atoms with Gasteiger partial charge in [0.2, 0.25) is 10.0 Å². The molecule has 4 N–H and O–H groups in total. The molecule has 0 aliphatic rings. The number of carboxylic acid groups (broad SMARTS) is 2. The van der Waals surface area contributed by atoms with Gasteiger partial charge in [-0.25, -0.2) is 23.5 Å². The lowest BCUT2D eigenvalue weighted by Crippen LogP contribution is -2.39. The summed E-state index contributed by atoms with van der Waals surface area (Å²) in [5.74, 6) is -3.43. The molecular formula is C17H16N2O8S. The van der Waals surface area contributed by atoms with Crippen molar-refractivity contribution >= 4 is 27.9 Å². The summed E-state index contributed by atoms with van der Waals surface area (Å²) in [6.07, 6.45) is 0. The van der Waals surface area contributed by atoms with E-state index in [1.54, 1.807) is 0 Å². The Balaban J connectivity index is 2.41. The number of carbonyl (C=O) groups is 3. The van der Waals surface area contributed by atoms with E-state index in [0.29, 0.717) is 5.56 Å². The van der Waals surface area contributed by atoms with Gasteiger partial charge in [-0.05, 0) is 42.0 Å². The summed E-state index contributed by atoms with van der Waals surface area (Å²) >= 11 is 0. The highest BCUT2D eigenvalue weighted by molar-refractivity contribution is 7.89. The Morgan fingerprint density at radius 1 is 0.929 bits per heavy atom. The molecule has 0 unspecified atom stereocenters. The summed E-state index contributed by atoms with van der Waals surface area (Å²) < 4.78 is 26.5. The van der Waals surface area contributed by atoms with E-state index in [2.05, 4.69) is 0 Å². The molecule has 2 rings (SSSR count). The zero-order valence-electron chi connectivity index (χ0n) is 14.3. The number of benzene rings is 2. The Hall–Kier alpha value is -3.28. The van der Waals surface area contributed by atoms with Crippen LogP contribution in [0.15, 0.2) is 53.4 Å². The van der Waals surface area contributed by atoms with E-state index in [0.717, 1.165) is 28.6 Å². The van der Waals surface area contributed by atoms with E-state index in [1.165, 1.54) is 29.7 Å². The molecule has 11 heteroatoms. The van der Waals surface area contributed by atoms with Crippen molar-refractivity contribution in [2.45, 2.75) is 11.4 Å². The second-order valence-corrected chi connectivity index (χ2v) is 7.58. The molecular weight excluding hydrogens is 392 g/mol. The van der Waals surface area contributed by atoms with Crippen LogP contribution in [0.5, 0.6) is 0 Å². The first kappa shape index (κ1) is 21.0. The van der Waals surface area contributed by atoms with Crippen LogP contribution in [0.25, 0.3) is 0 Å². The molecule has 2 aromatic rings. The molecule has 1 amide bonds. The molecule has 148 valence electrons. The van der Waals surface area contributed by atoms with Crippen LogP contribution < -0.4 is 5.48 Å². The molecule has 10 nitrogen and oxygen atoms in total. The summed E-state index contributed by atoms with van der Waals surface area (Å²) in [4.78, 5) is 33.3. The minimum absolute atomic E-state index is 0.0627. The van der Waals surface area contributed by atoms with Crippen molar-refractivity contribution < 1.29 is 38.2 Å². The van der Waals surface area contributed by atoms with Crippen LogP contribution in [-0.4, -0.2) is 52.5 Å². The second kappa shape index (κ2) is 8.61. The summed E-state index contributed by atoms with van der Waals surface area (Å²) in [5.41, 5.74) is 1.46. The van der Waals surface area contributed by atoms with Crippen molar-refractivity contribution in [3.05, 3.63) is 65.2 Å². The number of carboxylic acids is 2. The highest BCUT2D eigenvalue weighted by Gasteiger charge is 2.27. The van der Waals surface area contributed by atoms with Gasteiger partial charge >= 0.3 is 11.9 Å². The maximum atomic E-state index is 12.9. The van der Waals surface area contributed by atoms with Crippen molar-refractivity contribution in [1.29, 1.82) is 0 Å². The van der Waals surface area contributed by atoms with Gasteiger partial charge in [-0.1, -0.05) is 12.1 Å². The van der Waals surface area contributed by atoms with Gasteiger partial charge in [0.05, 0.1) is 22.6 Å². The van der Waals surface area contributed by atoms with E-state index in [4.69, 9.17) is 15.4 Å². The first-order valence-electron chi connectivity index (χ1n) is 7.74. The summed E-state index contributed by atoms with van der Waals surface area (Å²) in [6.45, 7) is -1.09. The number of nitrogens with zero attached hydrogens (tertiary/aromatic N) is 1. The normalized spacial score (nSPS) is 11.2. The number of hydrogen-bond acceptors (Lipinski definition) is 6. The molecule has 0 aromatic heterocycles. The third kappa shape index (κ3) is 4.91. The lowest BCUT2D eigenvalue weighted by atomic mass is 10.1. The molecule has 0 radical (unpaired) electrons. The number of aromatic carboxylic acids is 2. The van der Waals surface area contributed by atoms with Gasteiger partial charge in [0.15, 0.2) is 0 Å².